The van der Waals surface area contributed by atoms with Crippen molar-refractivity contribution in [1.29, 1.82) is 0 Å². The maximum absolute atomic E-state index is 2.54. The normalized spacial score (nSPS) is 12.2. The van der Waals surface area contributed by atoms with Crippen LogP contribution in [0.4, 0.5) is 0 Å². The molecule has 3 heteroatoms. The van der Waals surface area contributed by atoms with Gasteiger partial charge in [0.15, 0.2) is 0 Å². The van der Waals surface area contributed by atoms with Gasteiger partial charge in [0.2, 0.25) is 0 Å². The largest absolute Gasteiger partial charge is 0.309 e. The summed E-state index contributed by atoms with van der Waals surface area (Å²) < 4.78 is 7.67. The summed E-state index contributed by atoms with van der Waals surface area (Å²) in [5, 5.41) is 10.4. The second-order valence-corrected chi connectivity index (χ2v) is 12.8. The lowest BCUT2D eigenvalue weighted by molar-refractivity contribution is 1.18. The van der Waals surface area contributed by atoms with E-state index in [0.29, 0.717) is 0 Å². The number of benzene rings is 7. The molecule has 0 amide bonds. The molecule has 10 aromatic rings. The highest BCUT2D eigenvalue weighted by Gasteiger charge is 2.25. The Morgan fingerprint density at radius 1 is 0.432 bits per heavy atom. The Kier molecular flexibility index (Phi) is 4.83. The van der Waals surface area contributed by atoms with Crippen molar-refractivity contribution in [3.05, 3.63) is 145 Å². The Hall–Kier alpha value is -5.38. The van der Waals surface area contributed by atoms with Crippen LogP contribution in [0.1, 0.15) is 5.56 Å². The monoisotopic (exact) mass is 578 g/mol. The van der Waals surface area contributed by atoms with Crippen LogP contribution in [0.2, 0.25) is 0 Å². The second kappa shape index (κ2) is 8.82. The average molecular weight is 579 g/mol. The van der Waals surface area contributed by atoms with E-state index < -0.39 is 0 Å². The molecule has 7 aromatic carbocycles. The Morgan fingerprint density at radius 3 is 1.64 bits per heavy atom. The van der Waals surface area contributed by atoms with E-state index in [-0.39, 0.29) is 0 Å². The number of fused-ring (bicyclic) bond motifs is 13. The molecule has 0 atom stereocenters. The summed E-state index contributed by atoms with van der Waals surface area (Å²) in [7, 11) is 0. The summed E-state index contributed by atoms with van der Waals surface area (Å²) >= 11 is 1.89. The molecule has 0 aliphatic heterocycles. The molecular weight excluding hydrogens is 553 g/mol. The maximum Gasteiger partial charge on any atom is 0.0641 e. The standard InChI is InChI=1S/C41H26N2S/c1-25-21-23-26(24-22-25)42-33-17-7-4-14-31(33)37-38-32-15-5-8-18-34(32)43(40(38)29-13-3-2-12-28(29)39(37)42)35-19-10-16-30-27-11-6-9-20-36(27)44-41(30)35/h2-24H,1H3. The number of hydrogen-bond acceptors (Lipinski definition) is 1. The molecule has 0 bridgehead atoms. The molecule has 0 N–H and O–H groups in total. The molecule has 44 heavy (non-hydrogen) atoms. The van der Waals surface area contributed by atoms with Gasteiger partial charge in [0, 0.05) is 53.5 Å². The number of aromatic nitrogens is 2. The van der Waals surface area contributed by atoms with Crippen molar-refractivity contribution in [2.75, 3.05) is 0 Å². The molecule has 206 valence electrons. The van der Waals surface area contributed by atoms with Crippen LogP contribution in [0, 0.1) is 6.92 Å². The quantitative estimate of drug-likeness (QED) is 0.193. The first-order chi connectivity index (χ1) is 21.8. The molecule has 0 aliphatic carbocycles. The topological polar surface area (TPSA) is 9.86 Å². The van der Waals surface area contributed by atoms with Gasteiger partial charge in [0.1, 0.15) is 0 Å². The number of hydrogen-bond donors (Lipinski definition) is 0. The molecule has 10 rings (SSSR count). The number of rotatable bonds is 2. The Bertz CT molecular complexity index is 2770. The molecule has 2 nitrogen and oxygen atoms in total. The number of thiophene rings is 1. The third kappa shape index (κ3) is 3.09. The van der Waals surface area contributed by atoms with Crippen LogP contribution < -0.4 is 0 Å². The van der Waals surface area contributed by atoms with Gasteiger partial charge in [0.05, 0.1) is 32.5 Å². The lowest BCUT2D eigenvalue weighted by atomic mass is 9.99. The van der Waals surface area contributed by atoms with Crippen molar-refractivity contribution < 1.29 is 0 Å². The van der Waals surface area contributed by atoms with Gasteiger partial charge >= 0.3 is 0 Å². The minimum Gasteiger partial charge on any atom is -0.309 e. The molecule has 0 radical (unpaired) electrons. The number of aryl methyl sites for hydroxylation is 1. The highest BCUT2D eigenvalue weighted by atomic mass is 32.1. The van der Waals surface area contributed by atoms with Crippen LogP contribution in [0.25, 0.3) is 85.9 Å². The van der Waals surface area contributed by atoms with Crippen LogP contribution >= 0.6 is 11.3 Å². The van der Waals surface area contributed by atoms with Gasteiger partial charge in [-0.2, -0.15) is 0 Å². The summed E-state index contributed by atoms with van der Waals surface area (Å²) in [4.78, 5) is 0. The molecule has 0 saturated heterocycles. The molecule has 3 aromatic heterocycles. The third-order valence-electron chi connectivity index (χ3n) is 9.35. The van der Waals surface area contributed by atoms with E-state index in [2.05, 4.69) is 156 Å². The van der Waals surface area contributed by atoms with Crippen molar-refractivity contribution >= 4 is 85.9 Å². The minimum absolute atomic E-state index is 1.19. The van der Waals surface area contributed by atoms with Crippen molar-refractivity contribution in [3.63, 3.8) is 0 Å². The lowest BCUT2D eigenvalue weighted by Crippen LogP contribution is -1.97. The van der Waals surface area contributed by atoms with E-state index >= 15 is 0 Å². The lowest BCUT2D eigenvalue weighted by Gasteiger charge is -2.14. The number of nitrogens with zero attached hydrogens (tertiary/aromatic N) is 2. The number of para-hydroxylation sites is 2. The third-order valence-corrected chi connectivity index (χ3v) is 10.6. The highest BCUT2D eigenvalue weighted by molar-refractivity contribution is 7.26. The van der Waals surface area contributed by atoms with Gasteiger partial charge in [-0.3, -0.25) is 0 Å². The zero-order valence-corrected chi connectivity index (χ0v) is 24.9. The van der Waals surface area contributed by atoms with Crippen LogP contribution in [0.3, 0.4) is 0 Å². The van der Waals surface area contributed by atoms with Crippen molar-refractivity contribution in [1.82, 2.24) is 9.13 Å². The molecule has 3 heterocycles. The van der Waals surface area contributed by atoms with Crippen LogP contribution in [-0.2, 0) is 0 Å². The molecule has 0 saturated carbocycles. The first-order valence-corrected chi connectivity index (χ1v) is 15.9. The zero-order chi connectivity index (χ0) is 28.9. The van der Waals surface area contributed by atoms with E-state index in [9.17, 15) is 0 Å². The maximum atomic E-state index is 2.54. The molecule has 0 fully saturated rings. The fraction of sp³-hybridized carbons (Fsp3) is 0.0244. The minimum atomic E-state index is 1.19. The predicted octanol–water partition coefficient (Wildman–Crippen LogP) is 11.7. The van der Waals surface area contributed by atoms with Gasteiger partial charge in [-0.05, 0) is 43.3 Å². The van der Waals surface area contributed by atoms with Crippen molar-refractivity contribution in [2.45, 2.75) is 6.92 Å². The van der Waals surface area contributed by atoms with E-state index in [1.165, 1.54) is 91.5 Å². The molecule has 0 spiro atoms. The Labute approximate surface area is 257 Å². The van der Waals surface area contributed by atoms with E-state index in [1.807, 2.05) is 11.3 Å². The molecule has 0 unspecified atom stereocenters. The molecular formula is C41H26N2S. The first-order valence-electron chi connectivity index (χ1n) is 15.1. The highest BCUT2D eigenvalue weighted by Crippen LogP contribution is 2.48. The summed E-state index contributed by atoms with van der Waals surface area (Å²) in [5.74, 6) is 0. The van der Waals surface area contributed by atoms with E-state index in [4.69, 9.17) is 0 Å². The van der Waals surface area contributed by atoms with Crippen molar-refractivity contribution in [3.8, 4) is 11.4 Å². The van der Waals surface area contributed by atoms with E-state index in [1.54, 1.807) is 0 Å². The van der Waals surface area contributed by atoms with Gasteiger partial charge in [-0.25, -0.2) is 0 Å². The fourth-order valence-corrected chi connectivity index (χ4v) is 8.72. The van der Waals surface area contributed by atoms with Gasteiger partial charge < -0.3 is 9.13 Å². The Morgan fingerprint density at radius 2 is 0.955 bits per heavy atom. The summed E-state index contributed by atoms with van der Waals surface area (Å²) in [6, 6.07) is 51.4. The van der Waals surface area contributed by atoms with E-state index in [0.717, 1.165) is 0 Å². The van der Waals surface area contributed by atoms with Gasteiger partial charge in [-0.1, -0.05) is 109 Å². The summed E-state index contributed by atoms with van der Waals surface area (Å²) in [6.07, 6.45) is 0. The Balaban J connectivity index is 1.49. The van der Waals surface area contributed by atoms with Crippen LogP contribution in [0.5, 0.6) is 0 Å². The van der Waals surface area contributed by atoms with Gasteiger partial charge in [-0.15, -0.1) is 11.3 Å². The summed E-state index contributed by atoms with van der Waals surface area (Å²) in [6.45, 7) is 2.15. The van der Waals surface area contributed by atoms with Gasteiger partial charge in [0.25, 0.3) is 0 Å². The average Bonchev–Trinajstić information content (AvgIpc) is 3.74. The van der Waals surface area contributed by atoms with Crippen LogP contribution in [0.15, 0.2) is 140 Å². The second-order valence-electron chi connectivity index (χ2n) is 11.8. The zero-order valence-electron chi connectivity index (χ0n) is 24.1. The first kappa shape index (κ1) is 24.1. The van der Waals surface area contributed by atoms with Crippen LogP contribution in [-0.4, -0.2) is 9.13 Å². The molecule has 0 aliphatic rings. The predicted molar refractivity (Wildman–Crippen MR) is 190 cm³/mol. The SMILES string of the molecule is Cc1ccc(-n2c3ccccc3c3c4c5ccccc5n(-c5cccc6c5sc5ccccc56)c4c4ccccc4c32)cc1. The smallest absolute Gasteiger partial charge is 0.0641 e. The fourth-order valence-electron chi connectivity index (χ4n) is 7.51. The van der Waals surface area contributed by atoms with Crippen molar-refractivity contribution in [2.24, 2.45) is 0 Å². The summed E-state index contributed by atoms with van der Waals surface area (Å²) in [5.41, 5.74) is 8.68.